The smallest absolute Gasteiger partial charge is 0.276 e. The molecule has 12 heteroatoms. The summed E-state index contributed by atoms with van der Waals surface area (Å²) in [6, 6.07) is 10.3. The van der Waals surface area contributed by atoms with E-state index in [0.717, 1.165) is 25.7 Å². The Morgan fingerprint density at radius 3 is 2.44 bits per heavy atom. The molecule has 36 heavy (non-hydrogen) atoms. The molecule has 2 aromatic rings. The summed E-state index contributed by atoms with van der Waals surface area (Å²) in [7, 11) is 3.78. The molecule has 1 unspecified atom stereocenters. The molecule has 2 heterocycles. The lowest BCUT2D eigenvalue weighted by atomic mass is 9.74. The minimum atomic E-state index is -0.850. The van der Waals surface area contributed by atoms with Crippen molar-refractivity contribution >= 4 is 35.1 Å². The molecular formula is C24H36ClN9O2. The number of anilines is 2. The number of rotatable bonds is 10. The van der Waals surface area contributed by atoms with Gasteiger partial charge >= 0.3 is 0 Å². The highest BCUT2D eigenvalue weighted by molar-refractivity contribution is 6.31. The van der Waals surface area contributed by atoms with Crippen molar-refractivity contribution in [3.63, 3.8) is 0 Å². The average Bonchev–Trinajstić information content (AvgIpc) is 2.84. The second kappa shape index (κ2) is 12.3. The summed E-state index contributed by atoms with van der Waals surface area (Å²) in [5.41, 5.74) is 18.6. The Bertz CT molecular complexity index is 1040. The number of nitrogens with one attached hydrogen (secondary N) is 2. The van der Waals surface area contributed by atoms with Crippen LogP contribution in [-0.2, 0) is 11.2 Å². The Morgan fingerprint density at radius 1 is 1.14 bits per heavy atom. The minimum absolute atomic E-state index is 0.0519. The Morgan fingerprint density at radius 2 is 1.81 bits per heavy atom. The molecule has 1 aliphatic rings. The molecule has 0 bridgehead atoms. The molecule has 1 fully saturated rings. The first-order valence-corrected chi connectivity index (χ1v) is 12.3. The highest BCUT2D eigenvalue weighted by atomic mass is 35.5. The first-order valence-electron chi connectivity index (χ1n) is 11.9. The average molecular weight is 518 g/mol. The third kappa shape index (κ3) is 7.50. The van der Waals surface area contributed by atoms with Gasteiger partial charge in [0.15, 0.2) is 22.5 Å². The van der Waals surface area contributed by atoms with Crippen LogP contribution in [0.25, 0.3) is 0 Å². The lowest BCUT2D eigenvalue weighted by molar-refractivity contribution is -0.134. The van der Waals surface area contributed by atoms with Gasteiger partial charge < -0.3 is 26.6 Å². The number of carbonyl (C=O) groups is 2. The largest absolute Gasteiger partial charge is 0.382 e. The van der Waals surface area contributed by atoms with Crippen molar-refractivity contribution in [3.8, 4) is 0 Å². The van der Waals surface area contributed by atoms with Gasteiger partial charge in [0.25, 0.3) is 5.91 Å². The fraction of sp³-hybridized carbons (Fsp3) is 0.500. The quantitative estimate of drug-likeness (QED) is 0.284. The van der Waals surface area contributed by atoms with Crippen molar-refractivity contribution in [1.29, 1.82) is 0 Å². The molecule has 1 saturated heterocycles. The van der Waals surface area contributed by atoms with Crippen LogP contribution in [0.4, 0.5) is 11.6 Å². The monoisotopic (exact) mass is 517 g/mol. The fourth-order valence-corrected chi connectivity index (χ4v) is 4.49. The number of benzene rings is 1. The Hall–Kier alpha value is -2.99. The zero-order valence-electron chi connectivity index (χ0n) is 20.8. The summed E-state index contributed by atoms with van der Waals surface area (Å²) in [5.74, 6) is -0.654. The predicted octanol–water partition coefficient (Wildman–Crippen LogP) is 0.659. The van der Waals surface area contributed by atoms with Crippen LogP contribution in [-0.4, -0.2) is 78.1 Å². The number of halogens is 1. The third-order valence-electron chi connectivity index (χ3n) is 6.52. The van der Waals surface area contributed by atoms with Gasteiger partial charge in [-0.15, -0.1) is 0 Å². The number of hydrogen-bond acceptors (Lipinski definition) is 9. The SMILES string of the molecule is CN(C)CC(=O)N1CCC(CCc2ccccc2)(CNC(N)NC(=O)c2nc(Cl)c(N)nc2N)CC1. The predicted molar refractivity (Wildman–Crippen MR) is 141 cm³/mol. The number of nitrogens with zero attached hydrogens (tertiary/aromatic N) is 4. The Labute approximate surface area is 216 Å². The van der Waals surface area contributed by atoms with Crippen molar-refractivity contribution in [2.24, 2.45) is 11.1 Å². The number of aromatic nitrogens is 2. The number of piperidine rings is 1. The van der Waals surface area contributed by atoms with E-state index in [9.17, 15) is 9.59 Å². The normalized spacial score (nSPS) is 16.1. The Balaban J connectivity index is 1.63. The molecule has 1 aromatic carbocycles. The van der Waals surface area contributed by atoms with Crippen LogP contribution in [0.3, 0.4) is 0 Å². The zero-order chi connectivity index (χ0) is 26.3. The van der Waals surface area contributed by atoms with Crippen molar-refractivity contribution in [2.75, 3.05) is 51.7 Å². The standard InChI is InChI=1S/C24H36ClN9O2/c1-33(2)14-17(35)34-12-10-24(11-13-34,9-8-16-6-4-3-5-7-16)15-29-23(28)32-22(36)18-20(26)31-21(27)19(25)30-18/h3-7,23,29H,8-15,28H2,1-2H3,(H,32,36)(H4,26,27,31). The number of hydrogen-bond donors (Lipinski definition) is 5. The number of amides is 2. The van der Waals surface area contributed by atoms with E-state index in [2.05, 4.69) is 32.7 Å². The second-order valence-electron chi connectivity index (χ2n) is 9.57. The highest BCUT2D eigenvalue weighted by Crippen LogP contribution is 2.36. The van der Waals surface area contributed by atoms with Crippen LogP contribution < -0.4 is 27.8 Å². The van der Waals surface area contributed by atoms with Crippen LogP contribution >= 0.6 is 11.6 Å². The first-order chi connectivity index (χ1) is 17.1. The van der Waals surface area contributed by atoms with Gasteiger partial charge in [0, 0.05) is 19.6 Å². The van der Waals surface area contributed by atoms with Gasteiger partial charge in [-0.2, -0.15) is 0 Å². The van der Waals surface area contributed by atoms with E-state index in [1.165, 1.54) is 5.56 Å². The van der Waals surface area contributed by atoms with Crippen LogP contribution in [0.1, 0.15) is 35.3 Å². The molecule has 2 amide bonds. The summed E-state index contributed by atoms with van der Waals surface area (Å²) in [4.78, 5) is 36.7. The number of carbonyl (C=O) groups excluding carboxylic acids is 2. The van der Waals surface area contributed by atoms with Gasteiger partial charge in [-0.1, -0.05) is 41.9 Å². The van der Waals surface area contributed by atoms with Gasteiger partial charge in [-0.05, 0) is 50.8 Å². The summed E-state index contributed by atoms with van der Waals surface area (Å²) >= 11 is 5.88. The second-order valence-corrected chi connectivity index (χ2v) is 9.93. The Kier molecular flexibility index (Phi) is 9.43. The molecule has 1 aliphatic heterocycles. The molecule has 0 aliphatic carbocycles. The fourth-order valence-electron chi connectivity index (χ4n) is 4.37. The van der Waals surface area contributed by atoms with Crippen LogP contribution in [0.2, 0.25) is 5.15 Å². The number of nitrogens with two attached hydrogens (primary N) is 3. The number of nitrogen functional groups attached to an aromatic ring is 2. The van der Waals surface area contributed by atoms with Gasteiger partial charge in [-0.25, -0.2) is 9.97 Å². The van der Waals surface area contributed by atoms with E-state index in [4.69, 9.17) is 28.8 Å². The lowest BCUT2D eigenvalue weighted by Crippen LogP contribution is -2.56. The topological polar surface area (TPSA) is 169 Å². The van der Waals surface area contributed by atoms with Gasteiger partial charge in [-0.3, -0.25) is 20.6 Å². The summed E-state index contributed by atoms with van der Waals surface area (Å²) in [6.45, 7) is 2.33. The highest BCUT2D eigenvalue weighted by Gasteiger charge is 2.36. The van der Waals surface area contributed by atoms with Crippen molar-refractivity contribution in [2.45, 2.75) is 32.0 Å². The molecule has 11 nitrogen and oxygen atoms in total. The van der Waals surface area contributed by atoms with Gasteiger partial charge in [0.1, 0.15) is 6.29 Å². The lowest BCUT2D eigenvalue weighted by Gasteiger charge is -2.43. The zero-order valence-corrected chi connectivity index (χ0v) is 21.6. The van der Waals surface area contributed by atoms with E-state index in [0.29, 0.717) is 26.2 Å². The molecule has 1 aromatic heterocycles. The third-order valence-corrected chi connectivity index (χ3v) is 6.80. The maximum atomic E-state index is 12.6. The molecule has 0 radical (unpaired) electrons. The summed E-state index contributed by atoms with van der Waals surface area (Å²) in [6.07, 6.45) is 2.65. The van der Waals surface area contributed by atoms with E-state index in [1.807, 2.05) is 42.1 Å². The number of likely N-dealkylation sites (tertiary alicyclic amines) is 1. The summed E-state index contributed by atoms with van der Waals surface area (Å²) < 4.78 is 0. The van der Waals surface area contributed by atoms with Crippen LogP contribution in [0.15, 0.2) is 30.3 Å². The molecule has 3 rings (SSSR count). The van der Waals surface area contributed by atoms with Gasteiger partial charge in [0.05, 0.1) is 6.54 Å². The minimum Gasteiger partial charge on any atom is -0.382 e. The number of likely N-dealkylation sites (N-methyl/N-ethyl adjacent to an activating group) is 1. The van der Waals surface area contributed by atoms with Crippen molar-refractivity contribution < 1.29 is 9.59 Å². The molecule has 0 spiro atoms. The molecule has 0 saturated carbocycles. The van der Waals surface area contributed by atoms with E-state index >= 15 is 0 Å². The first kappa shape index (κ1) is 27.6. The molecule has 196 valence electrons. The summed E-state index contributed by atoms with van der Waals surface area (Å²) in [5, 5.41) is 5.77. The van der Waals surface area contributed by atoms with Crippen LogP contribution in [0.5, 0.6) is 0 Å². The van der Waals surface area contributed by atoms with E-state index in [-0.39, 0.29) is 33.8 Å². The molecular weight excluding hydrogens is 482 g/mol. The van der Waals surface area contributed by atoms with E-state index < -0.39 is 12.2 Å². The van der Waals surface area contributed by atoms with Crippen LogP contribution in [0, 0.1) is 5.41 Å². The van der Waals surface area contributed by atoms with E-state index in [1.54, 1.807) is 0 Å². The maximum Gasteiger partial charge on any atom is 0.276 e. The molecule has 1 atom stereocenters. The maximum absolute atomic E-state index is 12.6. The number of aryl methyl sites for hydroxylation is 1. The van der Waals surface area contributed by atoms with Crippen molar-refractivity contribution in [1.82, 2.24) is 30.4 Å². The van der Waals surface area contributed by atoms with Crippen molar-refractivity contribution in [3.05, 3.63) is 46.7 Å². The van der Waals surface area contributed by atoms with Gasteiger partial charge in [0.2, 0.25) is 5.91 Å². The molecule has 8 N–H and O–H groups in total.